The molecular weight excluding hydrogens is 508 g/mol. The first-order chi connectivity index (χ1) is 19.3. The molecule has 0 saturated carbocycles. The van der Waals surface area contributed by atoms with Gasteiger partial charge in [0.25, 0.3) is 5.91 Å². The van der Waals surface area contributed by atoms with Gasteiger partial charge < -0.3 is 29.9 Å². The van der Waals surface area contributed by atoms with Crippen molar-refractivity contribution in [1.29, 1.82) is 0 Å². The summed E-state index contributed by atoms with van der Waals surface area (Å²) in [5.74, 6) is 1.51. The van der Waals surface area contributed by atoms with E-state index in [1.807, 2.05) is 30.0 Å². The monoisotopic (exact) mass is 546 g/mol. The Hall–Kier alpha value is -3.92. The lowest BCUT2D eigenvalue weighted by Gasteiger charge is -2.39. The Bertz CT molecular complexity index is 1330. The minimum atomic E-state index is -0.401. The third-order valence-electron chi connectivity index (χ3n) is 8.03. The standard InChI is InChI=1S/C30H38N6O4/c1-5-40-27-16-22-23(17-26(27)39-4)28(32-25-10-11-34(3)18-24(22)25)20-6-8-21(9-7-20)29(38)33-30(31)36-14-12-35(13-15-36)19(2)37/h6-9,16-17,24-25H,5,10-15,18H2,1-4H3,(H2,31,33,38). The fourth-order valence-electron chi connectivity index (χ4n) is 5.80. The molecule has 0 aliphatic carbocycles. The molecule has 2 saturated heterocycles. The van der Waals surface area contributed by atoms with Crippen LogP contribution in [0.2, 0.25) is 0 Å². The van der Waals surface area contributed by atoms with Gasteiger partial charge in [-0.1, -0.05) is 12.1 Å². The van der Waals surface area contributed by atoms with Crippen molar-refractivity contribution in [1.82, 2.24) is 14.7 Å². The Kier molecular flexibility index (Phi) is 8.07. The summed E-state index contributed by atoms with van der Waals surface area (Å²) in [6.45, 7) is 8.23. The maximum absolute atomic E-state index is 12.9. The number of likely N-dealkylation sites (tertiary alicyclic amines) is 1. The van der Waals surface area contributed by atoms with Crippen LogP contribution in [0, 0.1) is 0 Å². The molecule has 3 aliphatic rings. The second-order valence-corrected chi connectivity index (χ2v) is 10.6. The van der Waals surface area contributed by atoms with Crippen molar-refractivity contribution in [2.24, 2.45) is 15.7 Å². The van der Waals surface area contributed by atoms with E-state index in [1.54, 1.807) is 31.1 Å². The quantitative estimate of drug-likeness (QED) is 0.453. The van der Waals surface area contributed by atoms with Gasteiger partial charge in [0.2, 0.25) is 5.91 Å². The molecule has 2 aromatic carbocycles. The number of hydrogen-bond donors (Lipinski definition) is 1. The molecule has 10 heteroatoms. The van der Waals surface area contributed by atoms with Crippen LogP contribution in [-0.2, 0) is 4.79 Å². The Morgan fingerprint density at radius 3 is 2.40 bits per heavy atom. The third-order valence-corrected chi connectivity index (χ3v) is 8.03. The van der Waals surface area contributed by atoms with Crippen LogP contribution in [-0.4, -0.2) is 104 Å². The van der Waals surface area contributed by atoms with Gasteiger partial charge in [0, 0.05) is 62.3 Å². The molecule has 2 amide bonds. The molecule has 5 rings (SSSR count). The number of nitrogens with two attached hydrogens (primary N) is 1. The van der Waals surface area contributed by atoms with Crippen molar-refractivity contribution < 1.29 is 19.1 Å². The molecule has 212 valence electrons. The van der Waals surface area contributed by atoms with E-state index in [9.17, 15) is 9.59 Å². The molecule has 2 N–H and O–H groups in total. The van der Waals surface area contributed by atoms with Crippen LogP contribution in [0.25, 0.3) is 0 Å². The zero-order chi connectivity index (χ0) is 28.4. The molecule has 0 bridgehead atoms. The predicted molar refractivity (Wildman–Crippen MR) is 155 cm³/mol. The normalized spacial score (nSPS) is 21.3. The van der Waals surface area contributed by atoms with E-state index in [0.717, 1.165) is 42.1 Å². The van der Waals surface area contributed by atoms with Crippen molar-refractivity contribution >= 4 is 23.5 Å². The van der Waals surface area contributed by atoms with E-state index in [2.05, 4.69) is 23.0 Å². The summed E-state index contributed by atoms with van der Waals surface area (Å²) in [5, 5.41) is 0. The number of nitrogens with zero attached hydrogens (tertiary/aromatic N) is 5. The smallest absolute Gasteiger partial charge is 0.280 e. The second-order valence-electron chi connectivity index (χ2n) is 10.6. The van der Waals surface area contributed by atoms with Crippen LogP contribution < -0.4 is 15.2 Å². The first-order valence-electron chi connectivity index (χ1n) is 13.9. The van der Waals surface area contributed by atoms with Crippen molar-refractivity contribution in [3.8, 4) is 11.5 Å². The van der Waals surface area contributed by atoms with Crippen LogP contribution in [0.4, 0.5) is 0 Å². The van der Waals surface area contributed by atoms with Crippen molar-refractivity contribution in [2.45, 2.75) is 32.2 Å². The van der Waals surface area contributed by atoms with Crippen molar-refractivity contribution in [3.05, 3.63) is 58.7 Å². The van der Waals surface area contributed by atoms with Gasteiger partial charge in [-0.15, -0.1) is 0 Å². The Morgan fingerprint density at radius 2 is 1.75 bits per heavy atom. The van der Waals surface area contributed by atoms with E-state index >= 15 is 0 Å². The molecule has 0 spiro atoms. The highest BCUT2D eigenvalue weighted by Gasteiger charge is 2.36. The van der Waals surface area contributed by atoms with Gasteiger partial charge in [-0.3, -0.25) is 14.6 Å². The number of rotatable bonds is 5. The number of amides is 2. The summed E-state index contributed by atoms with van der Waals surface area (Å²) in [7, 11) is 3.80. The molecule has 0 aromatic heterocycles. The number of ether oxygens (including phenoxy) is 2. The Labute approximate surface area is 235 Å². The molecule has 3 aliphatic heterocycles. The number of carbonyl (C=O) groups excluding carboxylic acids is 2. The third kappa shape index (κ3) is 5.54. The number of aliphatic imine (C=N–C) groups is 2. The molecule has 0 radical (unpaired) electrons. The largest absolute Gasteiger partial charge is 0.493 e. The van der Waals surface area contributed by atoms with Gasteiger partial charge in [-0.25, -0.2) is 0 Å². The van der Waals surface area contributed by atoms with E-state index in [1.165, 1.54) is 5.56 Å². The van der Waals surface area contributed by atoms with Crippen molar-refractivity contribution in [3.63, 3.8) is 0 Å². The fourth-order valence-corrected chi connectivity index (χ4v) is 5.80. The van der Waals surface area contributed by atoms with E-state index in [-0.39, 0.29) is 23.8 Å². The number of hydrogen-bond acceptors (Lipinski definition) is 6. The predicted octanol–water partition coefficient (Wildman–Crippen LogP) is 2.35. The number of fused-ring (bicyclic) bond motifs is 3. The summed E-state index contributed by atoms with van der Waals surface area (Å²) in [6.07, 6.45) is 0.978. The van der Waals surface area contributed by atoms with Gasteiger partial charge in [0.1, 0.15) is 0 Å². The molecule has 2 unspecified atom stereocenters. The summed E-state index contributed by atoms with van der Waals surface area (Å²) < 4.78 is 11.6. The van der Waals surface area contributed by atoms with Crippen LogP contribution in [0.1, 0.15) is 53.2 Å². The number of carbonyl (C=O) groups is 2. The van der Waals surface area contributed by atoms with Gasteiger partial charge in [0.05, 0.1) is 25.5 Å². The Balaban J connectivity index is 1.40. The summed E-state index contributed by atoms with van der Waals surface area (Å²) in [4.78, 5) is 39.8. The second kappa shape index (κ2) is 11.7. The summed E-state index contributed by atoms with van der Waals surface area (Å²) in [6, 6.07) is 11.7. The number of piperazine rings is 1. The molecule has 3 heterocycles. The number of guanidine groups is 1. The van der Waals surface area contributed by atoms with E-state index in [4.69, 9.17) is 20.2 Å². The number of benzene rings is 2. The van der Waals surface area contributed by atoms with Crippen LogP contribution in [0.15, 0.2) is 46.4 Å². The fraction of sp³-hybridized carbons (Fsp3) is 0.467. The van der Waals surface area contributed by atoms with Crippen LogP contribution in [0.3, 0.4) is 0 Å². The molecule has 10 nitrogen and oxygen atoms in total. The highest BCUT2D eigenvalue weighted by atomic mass is 16.5. The van der Waals surface area contributed by atoms with Gasteiger partial charge in [-0.05, 0) is 56.8 Å². The molecule has 2 aromatic rings. The molecule has 2 fully saturated rings. The maximum atomic E-state index is 12.9. The molecule has 40 heavy (non-hydrogen) atoms. The molecular formula is C30H38N6O4. The van der Waals surface area contributed by atoms with Crippen LogP contribution in [0.5, 0.6) is 11.5 Å². The first-order valence-corrected chi connectivity index (χ1v) is 13.9. The number of likely N-dealkylation sites (N-methyl/N-ethyl adjacent to an activating group) is 1. The number of piperidine rings is 1. The zero-order valence-corrected chi connectivity index (χ0v) is 23.7. The zero-order valence-electron chi connectivity index (χ0n) is 23.7. The average Bonchev–Trinajstić information content (AvgIpc) is 2.96. The minimum Gasteiger partial charge on any atom is -0.493 e. The van der Waals surface area contributed by atoms with Gasteiger partial charge >= 0.3 is 0 Å². The van der Waals surface area contributed by atoms with Crippen molar-refractivity contribution in [2.75, 3.05) is 60.0 Å². The lowest BCUT2D eigenvalue weighted by molar-refractivity contribution is -0.130. The van der Waals surface area contributed by atoms with Gasteiger partial charge in [-0.2, -0.15) is 4.99 Å². The highest BCUT2D eigenvalue weighted by molar-refractivity contribution is 6.15. The van der Waals surface area contributed by atoms with E-state index in [0.29, 0.717) is 44.1 Å². The SMILES string of the molecule is CCOc1cc2c(cc1OC)C(c1ccc(C(=O)N=C(N)N3CCN(C(C)=O)CC3)cc1)=NC1CCN(C)CC21. The van der Waals surface area contributed by atoms with E-state index < -0.39 is 5.91 Å². The lowest BCUT2D eigenvalue weighted by atomic mass is 9.79. The minimum absolute atomic E-state index is 0.0380. The van der Waals surface area contributed by atoms with Gasteiger partial charge in [0.15, 0.2) is 17.5 Å². The molecule has 2 atom stereocenters. The Morgan fingerprint density at radius 1 is 1.05 bits per heavy atom. The summed E-state index contributed by atoms with van der Waals surface area (Å²) >= 11 is 0. The lowest BCUT2D eigenvalue weighted by Crippen LogP contribution is -2.52. The maximum Gasteiger partial charge on any atom is 0.280 e. The average molecular weight is 547 g/mol. The van der Waals surface area contributed by atoms with Crippen LogP contribution >= 0.6 is 0 Å². The topological polar surface area (TPSA) is 113 Å². The highest BCUT2D eigenvalue weighted by Crippen LogP contribution is 2.42. The summed E-state index contributed by atoms with van der Waals surface area (Å²) in [5.41, 5.74) is 10.7. The first kappa shape index (κ1) is 27.6. The number of methoxy groups -OCH3 is 1.